The van der Waals surface area contributed by atoms with Crippen LogP contribution >= 0.6 is 24.4 Å². The maximum Gasteiger partial charge on any atom is 0.305 e. The number of imidazole rings is 1. The number of hydrogen-bond donors (Lipinski definition) is 17. The third-order valence-electron chi connectivity index (χ3n) is 10.5. The third kappa shape index (κ3) is 23.7. The van der Waals surface area contributed by atoms with Crippen molar-refractivity contribution >= 4 is 89.5 Å². The molecule has 404 valence electrons. The van der Waals surface area contributed by atoms with Crippen LogP contribution < -0.4 is 65.5 Å². The van der Waals surface area contributed by atoms with Crippen molar-refractivity contribution in [2.75, 3.05) is 30.5 Å². The summed E-state index contributed by atoms with van der Waals surface area (Å²) in [6.07, 6.45) is 1.74. The van der Waals surface area contributed by atoms with Crippen molar-refractivity contribution < 1.29 is 63.3 Å². The van der Waals surface area contributed by atoms with Gasteiger partial charge in [0.1, 0.15) is 54.1 Å². The van der Waals surface area contributed by atoms with E-state index in [1.165, 1.54) is 50.6 Å². The number of amides is 9. The van der Waals surface area contributed by atoms with E-state index in [9.17, 15) is 63.3 Å². The van der Waals surface area contributed by atoms with Crippen LogP contribution in [0.25, 0.3) is 0 Å². The van der Waals surface area contributed by atoms with Gasteiger partial charge >= 0.3 is 5.97 Å². The number of thioether (sulfide) groups is 1. The van der Waals surface area contributed by atoms with Crippen LogP contribution in [0.4, 0.5) is 0 Å². The lowest BCUT2D eigenvalue weighted by Gasteiger charge is -2.27. The van der Waals surface area contributed by atoms with Crippen LogP contribution in [0.1, 0.15) is 63.6 Å². The van der Waals surface area contributed by atoms with E-state index < -0.39 is 120 Å². The molecule has 0 fully saturated rings. The molecule has 1 heterocycles. The van der Waals surface area contributed by atoms with Gasteiger partial charge in [-0.05, 0) is 63.3 Å². The van der Waals surface area contributed by atoms with E-state index >= 15 is 0 Å². The van der Waals surface area contributed by atoms with Crippen LogP contribution in [0.3, 0.4) is 0 Å². The molecule has 0 aliphatic carbocycles. The lowest BCUT2D eigenvalue weighted by atomic mass is 10.0. The molecule has 73 heavy (non-hydrogen) atoms. The molecule has 20 N–H and O–H groups in total. The first kappa shape index (κ1) is 61.9. The van der Waals surface area contributed by atoms with Crippen molar-refractivity contribution in [3.8, 4) is 5.75 Å². The lowest BCUT2D eigenvalue weighted by Crippen LogP contribution is -2.61. The standard InChI is InChI=1S/C43H67N15O13S2/c1-22(35(45)64)51-42(71)33(19-73-21-72)58-38(67)29(14-24-8-10-26(61)11-9-24)54-40(69)31(16-34(62)63)56-37(66)28(6-3-4-12-44)53-39(68)30(15-25-17-48-20-50-25)55-41(70)32(18-59)57-36(65)27(52-23(2)60)7-5-13-49-43(46)47/h8-11,17,20,22,27-33,59,61,72H,3-7,12-16,18-19,21,44H2,1-2H3,(H2,45,64)(H,48,50)(H,51,71)(H,52,60)(H,53,68)(H,54,69)(H,55,70)(H,56,66)(H,57,65)(H,58,67)(H,62,63)(H4,46,47,49)/t22-,27-,28-,29-,30-,31-,32-,33-/m0/s1. The number of nitrogens with two attached hydrogens (primary N) is 4. The van der Waals surface area contributed by atoms with Gasteiger partial charge in [-0.1, -0.05) is 12.1 Å². The van der Waals surface area contributed by atoms with E-state index in [2.05, 4.69) is 70.1 Å². The number of hydrogen-bond acceptors (Lipinski definition) is 17. The first-order chi connectivity index (χ1) is 34.6. The molecule has 0 spiro atoms. The van der Waals surface area contributed by atoms with Crippen LogP contribution in [-0.2, 0) is 60.8 Å². The quantitative estimate of drug-likeness (QED) is 0.0102. The highest BCUT2D eigenvalue weighted by atomic mass is 32.2. The predicted octanol–water partition coefficient (Wildman–Crippen LogP) is -5.43. The molecule has 9 amide bonds. The Hall–Kier alpha value is -7.18. The number of primary amides is 1. The number of aliphatic carboxylic acids is 1. The number of carboxylic acid groups (broad SMARTS) is 1. The highest BCUT2D eigenvalue weighted by molar-refractivity contribution is 8.09. The number of aliphatic imine (C=N–C) groups is 1. The number of aliphatic hydroxyl groups is 1. The number of thiol groups is 1. The normalized spacial score (nSPS) is 14.2. The zero-order valence-corrected chi connectivity index (χ0v) is 42.0. The molecule has 1 aromatic carbocycles. The third-order valence-corrected chi connectivity index (χ3v) is 11.8. The number of aliphatic hydroxyl groups excluding tert-OH is 1. The van der Waals surface area contributed by atoms with Crippen molar-refractivity contribution in [3.05, 3.63) is 48.0 Å². The molecule has 2 aromatic rings. The summed E-state index contributed by atoms with van der Waals surface area (Å²) >= 11 is 5.27. The van der Waals surface area contributed by atoms with E-state index in [1.807, 2.05) is 0 Å². The monoisotopic (exact) mass is 1070 g/mol. The van der Waals surface area contributed by atoms with E-state index in [0.29, 0.717) is 17.7 Å². The summed E-state index contributed by atoms with van der Waals surface area (Å²) in [4.78, 5) is 143. The van der Waals surface area contributed by atoms with Gasteiger partial charge in [-0.15, -0.1) is 11.8 Å². The molecule has 0 bridgehead atoms. The number of aromatic nitrogens is 2. The van der Waals surface area contributed by atoms with Crippen molar-refractivity contribution in [1.82, 2.24) is 52.5 Å². The van der Waals surface area contributed by atoms with Gasteiger partial charge in [0, 0.05) is 49.0 Å². The summed E-state index contributed by atoms with van der Waals surface area (Å²) in [7, 11) is 0. The topological polar surface area (TPSA) is 473 Å². The fourth-order valence-corrected chi connectivity index (χ4v) is 7.52. The minimum Gasteiger partial charge on any atom is -0.508 e. The molecule has 0 aliphatic rings. The molecule has 0 unspecified atom stereocenters. The van der Waals surface area contributed by atoms with Crippen molar-refractivity contribution in [2.24, 2.45) is 27.9 Å². The average Bonchev–Trinajstić information content (AvgIpc) is 3.85. The Morgan fingerprint density at radius 3 is 1.74 bits per heavy atom. The van der Waals surface area contributed by atoms with Crippen molar-refractivity contribution in [1.29, 1.82) is 0 Å². The first-order valence-electron chi connectivity index (χ1n) is 22.8. The fraction of sp³-hybridized carbons (Fsp3) is 0.535. The smallest absolute Gasteiger partial charge is 0.305 e. The molecular weight excluding hydrogens is 999 g/mol. The summed E-state index contributed by atoms with van der Waals surface area (Å²) in [6, 6.07) is -6.28. The minimum absolute atomic E-state index is 0.0299. The second-order valence-corrected chi connectivity index (χ2v) is 18.2. The number of carboxylic acids is 1. The first-order valence-corrected chi connectivity index (χ1v) is 24.6. The summed E-state index contributed by atoms with van der Waals surface area (Å²) in [6.45, 7) is 1.81. The highest BCUT2D eigenvalue weighted by Crippen LogP contribution is 2.14. The van der Waals surface area contributed by atoms with Crippen LogP contribution in [0.15, 0.2) is 41.8 Å². The number of nitrogens with zero attached hydrogens (tertiary/aromatic N) is 2. The van der Waals surface area contributed by atoms with Gasteiger partial charge in [0.15, 0.2) is 5.96 Å². The van der Waals surface area contributed by atoms with Crippen LogP contribution in [0.2, 0.25) is 0 Å². The maximum absolute atomic E-state index is 14.1. The minimum atomic E-state index is -1.90. The van der Waals surface area contributed by atoms with E-state index in [1.54, 1.807) is 0 Å². The number of phenolic OH excluding ortho intramolecular Hbond substituents is 1. The Labute approximate surface area is 429 Å². The van der Waals surface area contributed by atoms with Gasteiger partial charge in [0.2, 0.25) is 53.2 Å². The zero-order chi connectivity index (χ0) is 54.6. The molecule has 28 nitrogen and oxygen atoms in total. The Morgan fingerprint density at radius 1 is 0.699 bits per heavy atom. The van der Waals surface area contributed by atoms with E-state index in [-0.39, 0.29) is 74.2 Å². The Bertz CT molecular complexity index is 2200. The number of carbonyl (C=O) groups excluding carboxylic acids is 9. The molecule has 0 saturated carbocycles. The van der Waals surface area contributed by atoms with Crippen LogP contribution in [0.5, 0.6) is 5.75 Å². The second kappa shape index (κ2) is 32.7. The number of guanidine groups is 1. The highest BCUT2D eigenvalue weighted by Gasteiger charge is 2.35. The molecule has 30 heteroatoms. The van der Waals surface area contributed by atoms with Gasteiger partial charge in [-0.3, -0.25) is 52.9 Å². The summed E-state index contributed by atoms with van der Waals surface area (Å²) in [5.74, 6) is -10.2. The van der Waals surface area contributed by atoms with Crippen LogP contribution in [-0.4, -0.2) is 169 Å². The number of phenols is 1. The van der Waals surface area contributed by atoms with Gasteiger partial charge in [-0.2, -0.15) is 12.6 Å². The van der Waals surface area contributed by atoms with Crippen LogP contribution in [0, 0.1) is 0 Å². The Morgan fingerprint density at radius 2 is 1.21 bits per heavy atom. The molecular formula is C43H67N15O13S2. The zero-order valence-electron chi connectivity index (χ0n) is 40.3. The number of unbranched alkanes of at least 4 members (excludes halogenated alkanes) is 1. The van der Waals surface area contributed by atoms with Gasteiger partial charge in [0.25, 0.3) is 0 Å². The molecule has 0 radical (unpaired) electrons. The van der Waals surface area contributed by atoms with E-state index in [0.717, 1.165) is 11.8 Å². The van der Waals surface area contributed by atoms with Gasteiger partial charge in [0.05, 0.1) is 19.4 Å². The van der Waals surface area contributed by atoms with Gasteiger partial charge < -0.3 is 85.8 Å². The number of H-pyrrole nitrogens is 1. The Kier molecular flexibility index (Phi) is 27.8. The second-order valence-electron chi connectivity index (χ2n) is 16.4. The molecule has 0 saturated heterocycles. The fourth-order valence-electron chi connectivity index (χ4n) is 6.63. The predicted molar refractivity (Wildman–Crippen MR) is 269 cm³/mol. The number of carbonyl (C=O) groups is 10. The number of benzene rings is 1. The molecule has 8 atom stereocenters. The largest absolute Gasteiger partial charge is 0.508 e. The van der Waals surface area contributed by atoms with Crippen molar-refractivity contribution in [2.45, 2.75) is 114 Å². The summed E-state index contributed by atoms with van der Waals surface area (Å²) in [5, 5.41) is 49.7. The lowest BCUT2D eigenvalue weighted by molar-refractivity contribution is -0.141. The van der Waals surface area contributed by atoms with Crippen molar-refractivity contribution in [3.63, 3.8) is 0 Å². The number of aromatic hydroxyl groups is 1. The number of aromatic amines is 1. The molecule has 2 rings (SSSR count). The number of rotatable bonds is 34. The average molecular weight is 1070 g/mol. The Balaban J connectivity index is 2.45. The SMILES string of the molecule is CC(=O)N[C@@H](CCCN=C(N)N)C(=O)N[C@@H](CO)C(=O)N[C@@H](Cc1cnc[nH]1)C(=O)N[C@@H](CCCCN)C(=O)N[C@@H](CC(=O)O)C(=O)N[C@@H](Cc1ccc(O)cc1)C(=O)N[C@@H](CSCS)C(=O)N[C@@H](C)C(N)=O. The molecule has 1 aromatic heterocycles. The summed E-state index contributed by atoms with van der Waals surface area (Å²) in [5.41, 5.74) is 22.4. The van der Waals surface area contributed by atoms with Gasteiger partial charge in [-0.25, -0.2) is 4.98 Å². The summed E-state index contributed by atoms with van der Waals surface area (Å²) < 4.78 is 0. The maximum atomic E-state index is 14.1. The van der Waals surface area contributed by atoms with E-state index in [4.69, 9.17) is 22.9 Å². The number of nitrogens with one attached hydrogen (secondary N) is 9. The molecule has 0 aliphatic heterocycles.